The summed E-state index contributed by atoms with van der Waals surface area (Å²) in [6.45, 7) is 2.79. The van der Waals surface area contributed by atoms with Crippen LogP contribution in [0.1, 0.15) is 74.6 Å². The molecule has 0 saturated heterocycles. The molecular weight excluding hydrogens is 655 g/mol. The molecule has 0 bridgehead atoms. The number of ether oxygens (including phenoxy) is 1. The van der Waals surface area contributed by atoms with E-state index < -0.39 is 54.0 Å². The third-order valence-electron chi connectivity index (χ3n) is 7.21. The Labute approximate surface area is 272 Å². The average molecular weight is 695 g/mol. The quantitative estimate of drug-likeness (QED) is 0.0732. The molecule has 0 spiro atoms. The molecule has 0 amide bonds. The Bertz CT molecular complexity index is 1770. The van der Waals surface area contributed by atoms with Crippen LogP contribution in [0.25, 0.3) is 0 Å². The third-order valence-corrected chi connectivity index (χ3v) is 10.6. The van der Waals surface area contributed by atoms with E-state index in [1.54, 1.807) is 36.4 Å². The van der Waals surface area contributed by atoms with E-state index in [2.05, 4.69) is 0 Å². The zero-order valence-corrected chi connectivity index (χ0v) is 28.0. The maximum absolute atomic E-state index is 14.6. The summed E-state index contributed by atoms with van der Waals surface area (Å²) in [5, 5.41) is 0. The highest BCUT2D eigenvalue weighted by atomic mass is 32.2. The van der Waals surface area contributed by atoms with Crippen molar-refractivity contribution in [1.29, 1.82) is 0 Å². The van der Waals surface area contributed by atoms with Gasteiger partial charge in [-0.05, 0) is 55.5 Å². The van der Waals surface area contributed by atoms with Crippen LogP contribution in [-0.4, -0.2) is 24.4 Å². The molecule has 47 heavy (non-hydrogen) atoms. The Kier molecular flexibility index (Phi) is 13.0. The maximum Gasteiger partial charge on any atom is 0.519 e. The second-order valence-corrected chi connectivity index (χ2v) is 14.7. The summed E-state index contributed by atoms with van der Waals surface area (Å²) in [5.41, 5.74) is -0.678. The van der Waals surface area contributed by atoms with Crippen molar-refractivity contribution in [1.82, 2.24) is 0 Å². The molecule has 15 heteroatoms. The van der Waals surface area contributed by atoms with Crippen molar-refractivity contribution in [3.05, 3.63) is 104 Å². The van der Waals surface area contributed by atoms with Gasteiger partial charge in [-0.1, -0.05) is 57.0 Å². The standard InChI is InChI=1S/C32H39O13PS/c1-3-5-15-27-29(44-31(33)42-27)20-39-46(35,40-21-30-28(16-6-4-2)43-32(34)45-30)26(22-47(36,37)38)18-17-23-11-10-14-25(19-23)41-24-12-8-7-9-13-24/h7-14,19,26H,3-6,15-18,20-22H2,1-2H3,(H,36,37,38). The van der Waals surface area contributed by atoms with Gasteiger partial charge in [0.05, 0.1) is 11.4 Å². The van der Waals surface area contributed by atoms with E-state index in [1.165, 1.54) is 0 Å². The molecule has 4 aromatic rings. The number of aryl methyl sites for hydroxylation is 3. The summed E-state index contributed by atoms with van der Waals surface area (Å²) in [4.78, 5) is 23.8. The van der Waals surface area contributed by atoms with Gasteiger partial charge in [0, 0.05) is 12.8 Å². The van der Waals surface area contributed by atoms with Crippen LogP contribution in [-0.2, 0) is 56.2 Å². The highest BCUT2D eigenvalue weighted by Gasteiger charge is 2.40. The van der Waals surface area contributed by atoms with Crippen molar-refractivity contribution < 1.29 is 49.0 Å². The van der Waals surface area contributed by atoms with Crippen LogP contribution in [0, 0.1) is 0 Å². The van der Waals surface area contributed by atoms with Gasteiger partial charge in [0.1, 0.15) is 24.7 Å². The highest BCUT2D eigenvalue weighted by Crippen LogP contribution is 2.56. The largest absolute Gasteiger partial charge is 0.519 e. The summed E-state index contributed by atoms with van der Waals surface area (Å²) in [6, 6.07) is 16.2. The van der Waals surface area contributed by atoms with E-state index >= 15 is 0 Å². The highest BCUT2D eigenvalue weighted by molar-refractivity contribution is 7.86. The lowest BCUT2D eigenvalue weighted by Gasteiger charge is -2.26. The van der Waals surface area contributed by atoms with Gasteiger partial charge in [-0.2, -0.15) is 8.42 Å². The number of unbranched alkanes of at least 4 members (excludes halogenated alkanes) is 2. The molecule has 13 nitrogen and oxygen atoms in total. The molecular formula is C32H39O13PS. The number of rotatable bonds is 20. The second-order valence-electron chi connectivity index (χ2n) is 10.9. The lowest BCUT2D eigenvalue weighted by Crippen LogP contribution is -2.24. The molecule has 0 fully saturated rings. The number of benzene rings is 2. The first-order valence-electron chi connectivity index (χ1n) is 15.4. The van der Waals surface area contributed by atoms with Crippen LogP contribution in [0.4, 0.5) is 0 Å². The smallest absolute Gasteiger partial charge is 0.457 e. The Hall–Kier alpha value is -3.68. The fourth-order valence-corrected chi connectivity index (χ4v) is 8.27. The number of hydrogen-bond acceptors (Lipinski definition) is 12. The number of hydrogen-bond donors (Lipinski definition) is 1. The van der Waals surface area contributed by atoms with E-state index in [-0.39, 0.29) is 35.9 Å². The minimum absolute atomic E-state index is 0.0258. The molecule has 0 aliphatic carbocycles. The van der Waals surface area contributed by atoms with E-state index in [0.29, 0.717) is 37.2 Å². The van der Waals surface area contributed by atoms with Crippen LogP contribution in [0.2, 0.25) is 0 Å². The van der Waals surface area contributed by atoms with Crippen molar-refractivity contribution in [2.75, 3.05) is 5.75 Å². The summed E-state index contributed by atoms with van der Waals surface area (Å²) >= 11 is 0. The molecule has 1 atom stereocenters. The number of para-hydroxylation sites is 1. The van der Waals surface area contributed by atoms with Crippen molar-refractivity contribution in [3.8, 4) is 11.5 Å². The van der Waals surface area contributed by atoms with Crippen molar-refractivity contribution in [3.63, 3.8) is 0 Å². The maximum atomic E-state index is 14.6. The lowest BCUT2D eigenvalue weighted by atomic mass is 10.1. The van der Waals surface area contributed by atoms with Gasteiger partial charge in [0.15, 0.2) is 23.0 Å². The van der Waals surface area contributed by atoms with E-state index in [9.17, 15) is 27.1 Å². The molecule has 1 unspecified atom stereocenters. The fourth-order valence-electron chi connectivity index (χ4n) is 4.79. The Morgan fingerprint density at radius 3 is 1.81 bits per heavy atom. The van der Waals surface area contributed by atoms with Crippen molar-refractivity contribution >= 4 is 17.7 Å². The van der Waals surface area contributed by atoms with Crippen LogP contribution >= 0.6 is 7.60 Å². The van der Waals surface area contributed by atoms with Gasteiger partial charge in [-0.25, -0.2) is 9.59 Å². The van der Waals surface area contributed by atoms with Crippen molar-refractivity contribution in [2.45, 2.75) is 84.1 Å². The first-order chi connectivity index (χ1) is 22.5. The molecule has 0 radical (unpaired) electrons. The van der Waals surface area contributed by atoms with E-state index in [1.807, 2.05) is 32.0 Å². The van der Waals surface area contributed by atoms with E-state index in [0.717, 1.165) is 18.4 Å². The lowest BCUT2D eigenvalue weighted by molar-refractivity contribution is 0.161. The Morgan fingerprint density at radius 1 is 0.745 bits per heavy atom. The molecule has 1 N–H and O–H groups in total. The van der Waals surface area contributed by atoms with Gasteiger partial charge in [0.25, 0.3) is 10.1 Å². The molecule has 0 aliphatic rings. The van der Waals surface area contributed by atoms with Crippen LogP contribution < -0.4 is 16.4 Å². The molecule has 0 saturated carbocycles. The van der Waals surface area contributed by atoms with Crippen LogP contribution in [0.15, 0.2) is 81.9 Å². The summed E-state index contributed by atoms with van der Waals surface area (Å²) < 4.78 is 86.9. The summed E-state index contributed by atoms with van der Waals surface area (Å²) in [5.74, 6) is -1.42. The van der Waals surface area contributed by atoms with E-state index in [4.69, 9.17) is 31.5 Å². The zero-order valence-electron chi connectivity index (χ0n) is 26.3. The van der Waals surface area contributed by atoms with Gasteiger partial charge < -0.3 is 31.5 Å². The normalized spacial score (nSPS) is 12.7. The topological polar surface area (TPSA) is 186 Å². The predicted molar refractivity (Wildman–Crippen MR) is 170 cm³/mol. The predicted octanol–water partition coefficient (Wildman–Crippen LogP) is 7.07. The molecule has 4 rings (SSSR count). The molecule has 2 aromatic carbocycles. The molecule has 256 valence electrons. The van der Waals surface area contributed by atoms with Gasteiger partial charge in [0.2, 0.25) is 0 Å². The summed E-state index contributed by atoms with van der Waals surface area (Å²) in [6.07, 6.45) is 3.73. The fraction of sp³-hybridized carbons (Fsp3) is 0.438. The monoisotopic (exact) mass is 694 g/mol. The first kappa shape index (κ1) is 36.2. The second kappa shape index (κ2) is 16.9. The van der Waals surface area contributed by atoms with Crippen LogP contribution in [0.3, 0.4) is 0 Å². The minimum atomic E-state index is -4.70. The van der Waals surface area contributed by atoms with Crippen molar-refractivity contribution in [2.24, 2.45) is 0 Å². The molecule has 2 heterocycles. The first-order valence-corrected chi connectivity index (χ1v) is 18.6. The minimum Gasteiger partial charge on any atom is -0.457 e. The van der Waals surface area contributed by atoms with Gasteiger partial charge in [-0.3, -0.25) is 9.12 Å². The SMILES string of the molecule is CCCCc1oc(=O)oc1COP(=O)(OCc1oc(=O)oc1CCCC)C(CCc1cccc(Oc2ccccc2)c1)CS(=O)(=O)O. The van der Waals surface area contributed by atoms with Gasteiger partial charge >= 0.3 is 19.2 Å². The van der Waals surface area contributed by atoms with Gasteiger partial charge in [-0.15, -0.1) is 0 Å². The Morgan fingerprint density at radius 2 is 1.28 bits per heavy atom. The molecule has 2 aromatic heterocycles. The average Bonchev–Trinajstić information content (AvgIpc) is 3.59. The van der Waals surface area contributed by atoms with Crippen LogP contribution in [0.5, 0.6) is 11.5 Å². The third kappa shape index (κ3) is 11.2. The Balaban J connectivity index is 1.62. The summed E-state index contributed by atoms with van der Waals surface area (Å²) in [7, 11) is -9.21. The zero-order chi connectivity index (χ0) is 33.9. The molecule has 0 aliphatic heterocycles.